The molecule has 30 fully saturated rings. The van der Waals surface area contributed by atoms with Crippen LogP contribution in [0.1, 0.15) is 337 Å². The molecule has 30 rings (SSSR count). The molecule has 146 heavy (non-hydrogen) atoms. The van der Waals surface area contributed by atoms with Crippen molar-refractivity contribution in [2.75, 3.05) is 0 Å². The van der Waals surface area contributed by atoms with Crippen molar-refractivity contribution in [2.24, 2.45) is 142 Å². The number of carbonyl (C=O) groups is 9. The summed E-state index contributed by atoms with van der Waals surface area (Å²) in [5, 5.41) is 0. The zero-order valence-electron chi connectivity index (χ0n) is 88.2. The maximum absolute atomic E-state index is 15.2. The Bertz CT molecular complexity index is 4560. The van der Waals surface area contributed by atoms with Gasteiger partial charge in [-0.25, -0.2) is 68.5 Å². The summed E-state index contributed by atoms with van der Waals surface area (Å²) in [5.41, 5.74) is -5.15. The lowest BCUT2D eigenvalue weighted by Gasteiger charge is -2.60. The Labute approximate surface area is 853 Å². The van der Waals surface area contributed by atoms with Crippen LogP contribution in [0.4, 0.5) is 0 Å². The average Bonchev–Trinajstić information content (AvgIpc) is 1.45. The van der Waals surface area contributed by atoms with Gasteiger partial charge in [0.25, 0.3) is 0 Å². The summed E-state index contributed by atoms with van der Waals surface area (Å²) in [7, 11) is 0. The van der Waals surface area contributed by atoms with Crippen LogP contribution >= 0.6 is 0 Å². The van der Waals surface area contributed by atoms with Gasteiger partial charge >= 0.3 is 17.9 Å². The minimum absolute atomic E-state index is 0.0321. The first-order valence-corrected chi connectivity index (χ1v) is 55.9. The molecule has 30 aliphatic rings. The lowest BCUT2D eigenvalue weighted by atomic mass is 9.57. The molecule has 12 bridgehead atoms. The molecule has 0 radical (unpaired) electrons. The van der Waals surface area contributed by atoms with Gasteiger partial charge < -0.3 is 71.1 Å². The van der Waals surface area contributed by atoms with Crippen LogP contribution in [0.5, 0.6) is 0 Å². The van der Waals surface area contributed by atoms with Crippen LogP contribution < -0.4 is 0 Å². The van der Waals surface area contributed by atoms with E-state index in [9.17, 15) is 28.8 Å². The molecule has 814 valence electrons. The second-order valence-electron chi connectivity index (χ2n) is 50.8. The fourth-order valence-corrected chi connectivity index (χ4v) is 33.8. The van der Waals surface area contributed by atoms with Gasteiger partial charge in [-0.1, -0.05) is 83.1 Å². The fourth-order valence-electron chi connectivity index (χ4n) is 33.8. The van der Waals surface area contributed by atoms with E-state index in [1.165, 1.54) is 0 Å². The molecule has 3 unspecified atom stereocenters. The molecule has 24 saturated heterocycles. The van der Waals surface area contributed by atoms with E-state index in [0.29, 0.717) is 78.9 Å². The minimum atomic E-state index is -1.06. The third-order valence-corrected chi connectivity index (χ3v) is 42.2. The Morgan fingerprint density at radius 1 is 0.219 bits per heavy atom. The molecule has 0 N–H and O–H groups in total. The Balaban J connectivity index is 0.000000163. The first-order valence-electron chi connectivity index (χ1n) is 55.9. The Morgan fingerprint density at radius 3 is 0.610 bits per heavy atom. The van der Waals surface area contributed by atoms with Crippen molar-refractivity contribution in [1.82, 2.24) is 9.80 Å². The first-order chi connectivity index (χ1) is 69.4. The molecule has 6 amide bonds. The highest BCUT2D eigenvalue weighted by molar-refractivity contribution is 6.12. The second-order valence-corrected chi connectivity index (χ2v) is 50.8. The van der Waals surface area contributed by atoms with E-state index in [0.717, 1.165) is 120 Å². The standard InChI is InChI=1S/C57H81NO21.C51H75NO15/c1-28-10-13-37-31(4)46(68-49-55(37)34(28)22-25-52(7,71-49)74-77-55)65-43(62)19-16-40(59)58(41(60)17-20-44(63)66-47-32(5)38-14-11-29(2)35-23-26-53(8)72-50(69-47)56(35,38)78-75-53)42(61)18-21-45(64)67-48-33(6)39-15-12-30(3)36-24-27-54(9)73-51(70-48)57(36,39)79-76-54;1-25-10-13-34-28(4)37(56-43-49(34)31(25)16-19-46(7,59-43)62-65-49)22-40(53)52(41(54)23-38-29(5)35-14-11-26(2)32-17-20-47(8)60-44(57-38)50(32,35)66-63-47)42(55)24-39-30(6)36-15-12-27(3)33-18-21-48(9)61-45(58-39)51(33,36)67-64-48/h28-39,46-51H,10-27H2,1-9H3;25-39,43-45H,10-24H2,1-9H3/t28-,29-,30-,31-,32-,33-,34+,35+,36+,37+,38+,39+,46-,47-,48-,49-,50-,51-,52+,53+,54+,55-,56-,57-;25-,26-,27-,28-,29-,30-,31+,32+,33+,34+,35+,36+,37?,38?,39?,43-,44-,45-,46+,47+,48+,49-,50-,51-/m11/s1. The molecule has 0 aromatic carbocycles. The number of esters is 3. The molecule has 6 spiro atoms. The van der Waals surface area contributed by atoms with Crippen molar-refractivity contribution < 1.29 is 173 Å². The number of carbonyl (C=O) groups excluding carboxylic acids is 9. The summed E-state index contributed by atoms with van der Waals surface area (Å²) in [6.07, 6.45) is 5.26. The molecule has 38 heteroatoms. The van der Waals surface area contributed by atoms with Crippen LogP contribution in [0.2, 0.25) is 0 Å². The maximum atomic E-state index is 15.2. The summed E-state index contributed by atoms with van der Waals surface area (Å²) in [5.74, 6) is -12.8. The Kier molecular flexibility index (Phi) is 26.9. The number of nitrogens with zero attached hydrogens (tertiary/aromatic N) is 2. The van der Waals surface area contributed by atoms with Crippen molar-refractivity contribution in [1.29, 1.82) is 0 Å². The number of imide groups is 6. The van der Waals surface area contributed by atoms with Gasteiger partial charge in [-0.3, -0.25) is 43.2 Å². The Morgan fingerprint density at radius 2 is 0.404 bits per heavy atom. The molecular formula is C108H156N2O36. The van der Waals surface area contributed by atoms with Gasteiger partial charge in [0.2, 0.25) is 89.0 Å². The van der Waals surface area contributed by atoms with Crippen molar-refractivity contribution in [3.63, 3.8) is 0 Å². The second kappa shape index (κ2) is 37.7. The highest BCUT2D eigenvalue weighted by Gasteiger charge is 2.78. The van der Waals surface area contributed by atoms with Crippen molar-refractivity contribution in [3.05, 3.63) is 0 Å². The van der Waals surface area contributed by atoms with Crippen LogP contribution in [0, 0.1) is 142 Å². The summed E-state index contributed by atoms with van der Waals surface area (Å²) in [6, 6.07) is 0. The topological polar surface area (TPSA) is 409 Å². The quantitative estimate of drug-likeness (QED) is 0.0698. The summed E-state index contributed by atoms with van der Waals surface area (Å²) in [4.78, 5) is 205. The van der Waals surface area contributed by atoms with Crippen molar-refractivity contribution in [2.45, 2.75) is 480 Å². The highest BCUT2D eigenvalue weighted by atomic mass is 17.3. The molecule has 24 aliphatic heterocycles. The zero-order chi connectivity index (χ0) is 103. The molecule has 6 aliphatic carbocycles. The van der Waals surface area contributed by atoms with Crippen LogP contribution in [-0.4, -0.2) is 206 Å². The van der Waals surface area contributed by atoms with Crippen molar-refractivity contribution in [3.8, 4) is 0 Å². The van der Waals surface area contributed by atoms with Gasteiger partial charge in [0.15, 0.2) is 71.3 Å². The average molecular weight is 2060 g/mol. The van der Waals surface area contributed by atoms with Gasteiger partial charge in [-0.2, -0.15) is 0 Å². The zero-order valence-corrected chi connectivity index (χ0v) is 88.2. The summed E-state index contributed by atoms with van der Waals surface area (Å²) < 4.78 is 96.8. The summed E-state index contributed by atoms with van der Waals surface area (Å²) in [6.45, 7) is 36.4. The van der Waals surface area contributed by atoms with Gasteiger partial charge in [-0.15, -0.1) is 0 Å². The van der Waals surface area contributed by atoms with E-state index in [2.05, 4.69) is 62.3 Å². The van der Waals surface area contributed by atoms with Crippen molar-refractivity contribution >= 4 is 53.4 Å². The predicted octanol–water partition coefficient (Wildman–Crippen LogP) is 15.3. The molecule has 0 aromatic rings. The van der Waals surface area contributed by atoms with E-state index < -0.39 is 235 Å². The first kappa shape index (κ1) is 104. The fraction of sp³-hybridized carbons (Fsp3) is 0.917. The molecule has 0 aromatic heterocycles. The normalized spacial score (nSPS) is 53.1. The van der Waals surface area contributed by atoms with Crippen LogP contribution in [0.25, 0.3) is 0 Å². The third kappa shape index (κ3) is 16.6. The number of hydrogen-bond donors (Lipinski definition) is 0. The van der Waals surface area contributed by atoms with Crippen LogP contribution in [-0.2, 0) is 173 Å². The van der Waals surface area contributed by atoms with Gasteiger partial charge in [0.05, 0.1) is 56.8 Å². The molecule has 38 nitrogen and oxygen atoms in total. The minimum Gasteiger partial charge on any atom is -0.435 e. The Hall–Kier alpha value is -4.93. The molecule has 6 saturated carbocycles. The van der Waals surface area contributed by atoms with Gasteiger partial charge in [-0.05, 0) is 246 Å². The van der Waals surface area contributed by atoms with E-state index in [4.69, 9.17) is 130 Å². The molecular weight excluding hydrogens is 1900 g/mol. The van der Waals surface area contributed by atoms with E-state index in [1.807, 2.05) is 41.5 Å². The monoisotopic (exact) mass is 2060 g/mol. The lowest BCUT2D eigenvalue weighted by Crippen LogP contribution is -2.71. The SMILES string of the molecule is C[C@@H]1CC[C@H]2[C@@H](C)C(CC(=O)N(C(=O)CC3O[C@@H]4O[C@]5(C)CC[C@H]6[C@H](C)CC[C@@H]([C@H]3C)[C@@]46OO5)C(=O)CC3O[C@@H]4O[C@]5(C)CC[C@H]6[C@H](C)CC[C@@H]([C@H]3C)[C@@]46OO5)O[C@@H]3O[C@]4(C)CC[C@@H]1[C@]32OO4.C[C@H]1[C@H](OC(=O)CCC(=O)N(C(=O)CCC(=O)O[C@@H]2O[C@@H]3O[C@]4(C)CC[C@H]5[C@H](C)CC[C@@H]([C@H]2C)[C@@]35OO4)C(=O)CCC(=O)O[C@@H]2O[C@@H]3O[C@]4(C)CC[C@H]5[C@H](C)CC[C@@H]([C@H]2C)[C@@]35OO4)O[C@@H]2O[C@]3(C)CC[C@H]4[C@H](C)CC[C@@H]1[C@@]24OO3. The van der Waals surface area contributed by atoms with Gasteiger partial charge in [0, 0.05) is 111 Å². The smallest absolute Gasteiger partial charge is 0.308 e. The van der Waals surface area contributed by atoms with Crippen LogP contribution in [0.15, 0.2) is 0 Å². The highest BCUT2D eigenvalue weighted by Crippen LogP contribution is 2.70. The molecule has 24 heterocycles. The number of fused-ring (bicyclic) bond motifs is 12. The number of ether oxygens (including phenoxy) is 15. The lowest BCUT2D eigenvalue weighted by molar-refractivity contribution is -0.576. The van der Waals surface area contributed by atoms with E-state index in [-0.39, 0.29) is 126 Å². The number of hydrogen-bond acceptors (Lipinski definition) is 36. The number of amides is 6. The van der Waals surface area contributed by atoms with E-state index >= 15 is 14.4 Å². The predicted molar refractivity (Wildman–Crippen MR) is 495 cm³/mol. The summed E-state index contributed by atoms with van der Waals surface area (Å²) >= 11 is 0. The third-order valence-electron chi connectivity index (χ3n) is 42.2. The van der Waals surface area contributed by atoms with Gasteiger partial charge in [0.1, 0.15) is 0 Å². The number of rotatable bonds is 18. The van der Waals surface area contributed by atoms with Crippen LogP contribution in [0.3, 0.4) is 0 Å². The maximum Gasteiger partial charge on any atom is 0.308 e. The van der Waals surface area contributed by atoms with E-state index in [1.54, 1.807) is 20.8 Å². The largest absolute Gasteiger partial charge is 0.435 e. The molecule has 48 atom stereocenters.